The average Bonchev–Trinajstić information content (AvgIpc) is 2.31. The lowest BCUT2D eigenvalue weighted by Crippen LogP contribution is -2.23. The number of carbonyl (C=O) groups is 1. The highest BCUT2D eigenvalue weighted by molar-refractivity contribution is 5.74. The molecule has 16 heavy (non-hydrogen) atoms. The second kappa shape index (κ2) is 7.84. The zero-order chi connectivity index (χ0) is 11.6. The van der Waals surface area contributed by atoms with E-state index in [2.05, 4.69) is 5.48 Å². The van der Waals surface area contributed by atoms with Gasteiger partial charge in [-0.3, -0.25) is 9.63 Å². The predicted molar refractivity (Wildman–Crippen MR) is 60.5 cm³/mol. The summed E-state index contributed by atoms with van der Waals surface area (Å²) >= 11 is 0. The zero-order valence-electron chi connectivity index (χ0n) is 9.44. The summed E-state index contributed by atoms with van der Waals surface area (Å²) in [6.45, 7) is 0.975. The van der Waals surface area contributed by atoms with Crippen molar-refractivity contribution in [2.75, 3.05) is 13.7 Å². The molecule has 0 atom stereocenters. The van der Waals surface area contributed by atoms with E-state index in [0.717, 1.165) is 5.56 Å². The molecule has 1 aromatic carbocycles. The van der Waals surface area contributed by atoms with Crippen molar-refractivity contribution < 1.29 is 14.4 Å². The second-order valence-electron chi connectivity index (χ2n) is 3.40. The Hall–Kier alpha value is -1.39. The maximum Gasteiger partial charge on any atom is 0.243 e. The Morgan fingerprint density at radius 3 is 2.75 bits per heavy atom. The van der Waals surface area contributed by atoms with Crippen molar-refractivity contribution in [3.63, 3.8) is 0 Å². The molecule has 0 aromatic heterocycles. The molecule has 0 saturated carbocycles. The van der Waals surface area contributed by atoms with Gasteiger partial charge in [-0.25, -0.2) is 5.48 Å². The van der Waals surface area contributed by atoms with Crippen LogP contribution in [0, 0.1) is 0 Å². The van der Waals surface area contributed by atoms with Crippen molar-refractivity contribution in [3.05, 3.63) is 35.9 Å². The third-order valence-corrected chi connectivity index (χ3v) is 2.02. The molecule has 0 aliphatic heterocycles. The van der Waals surface area contributed by atoms with Crippen LogP contribution in [0.25, 0.3) is 0 Å². The van der Waals surface area contributed by atoms with Gasteiger partial charge >= 0.3 is 0 Å². The predicted octanol–water partition coefficient (Wildman–Crippen LogP) is 1.66. The van der Waals surface area contributed by atoms with E-state index in [1.807, 2.05) is 30.3 Å². The molecule has 0 aliphatic rings. The van der Waals surface area contributed by atoms with Crippen LogP contribution in [0.2, 0.25) is 0 Å². The molecule has 1 rings (SSSR count). The van der Waals surface area contributed by atoms with Crippen LogP contribution in [0.15, 0.2) is 30.3 Å². The maximum absolute atomic E-state index is 11.2. The molecule has 4 nitrogen and oxygen atoms in total. The minimum atomic E-state index is -0.118. The molecule has 0 heterocycles. The van der Waals surface area contributed by atoms with Crippen LogP contribution in [0.3, 0.4) is 0 Å². The lowest BCUT2D eigenvalue weighted by Gasteiger charge is -2.05. The van der Waals surface area contributed by atoms with Crippen molar-refractivity contribution >= 4 is 5.91 Å². The van der Waals surface area contributed by atoms with Gasteiger partial charge in [-0.1, -0.05) is 30.3 Å². The largest absolute Gasteiger partial charge is 0.385 e. The number of hydroxylamine groups is 1. The van der Waals surface area contributed by atoms with Crippen molar-refractivity contribution in [1.29, 1.82) is 0 Å². The van der Waals surface area contributed by atoms with Crippen LogP contribution in [-0.4, -0.2) is 19.6 Å². The molecule has 4 heteroatoms. The van der Waals surface area contributed by atoms with E-state index in [1.165, 1.54) is 0 Å². The lowest BCUT2D eigenvalue weighted by molar-refractivity contribution is -0.134. The van der Waals surface area contributed by atoms with E-state index in [1.54, 1.807) is 7.11 Å². The van der Waals surface area contributed by atoms with Crippen LogP contribution in [0.4, 0.5) is 0 Å². The Balaban J connectivity index is 2.09. The molecule has 0 spiro atoms. The van der Waals surface area contributed by atoms with Gasteiger partial charge in [0.1, 0.15) is 0 Å². The number of carbonyl (C=O) groups excluding carboxylic acids is 1. The molecule has 0 bridgehead atoms. The Bertz CT molecular complexity index is 300. The summed E-state index contributed by atoms with van der Waals surface area (Å²) in [5, 5.41) is 0. The number of hydrogen-bond acceptors (Lipinski definition) is 3. The van der Waals surface area contributed by atoms with Gasteiger partial charge in [-0.15, -0.1) is 0 Å². The van der Waals surface area contributed by atoms with E-state index < -0.39 is 0 Å². The van der Waals surface area contributed by atoms with Crippen LogP contribution < -0.4 is 5.48 Å². The highest BCUT2D eigenvalue weighted by Crippen LogP contribution is 1.99. The molecule has 0 fully saturated rings. The Morgan fingerprint density at radius 2 is 2.06 bits per heavy atom. The molecule has 1 aromatic rings. The molecule has 0 unspecified atom stereocenters. The fourth-order valence-electron chi connectivity index (χ4n) is 1.20. The summed E-state index contributed by atoms with van der Waals surface area (Å²) in [6, 6.07) is 9.68. The molecular weight excluding hydrogens is 206 g/mol. The van der Waals surface area contributed by atoms with Crippen molar-refractivity contribution in [2.24, 2.45) is 0 Å². The van der Waals surface area contributed by atoms with E-state index in [4.69, 9.17) is 9.57 Å². The first-order valence-corrected chi connectivity index (χ1v) is 5.26. The first kappa shape index (κ1) is 12.7. The van der Waals surface area contributed by atoms with Gasteiger partial charge in [-0.05, 0) is 12.0 Å². The quantitative estimate of drug-likeness (QED) is 0.565. The summed E-state index contributed by atoms with van der Waals surface area (Å²) in [5.74, 6) is -0.118. The van der Waals surface area contributed by atoms with Gasteiger partial charge < -0.3 is 4.74 Å². The number of nitrogens with one attached hydrogen (secondary N) is 1. The van der Waals surface area contributed by atoms with Gasteiger partial charge in [0, 0.05) is 20.1 Å². The fraction of sp³-hybridized carbons (Fsp3) is 0.417. The topological polar surface area (TPSA) is 47.6 Å². The monoisotopic (exact) mass is 223 g/mol. The second-order valence-corrected chi connectivity index (χ2v) is 3.40. The standard InChI is InChI=1S/C12H17NO3/c1-15-9-5-8-12(14)13-16-10-11-6-3-2-4-7-11/h2-4,6-7H,5,8-10H2,1H3,(H,13,14). The summed E-state index contributed by atoms with van der Waals surface area (Å²) in [4.78, 5) is 16.3. The number of benzene rings is 1. The van der Waals surface area contributed by atoms with Crippen LogP contribution in [0.5, 0.6) is 0 Å². The third-order valence-electron chi connectivity index (χ3n) is 2.02. The zero-order valence-corrected chi connectivity index (χ0v) is 9.44. The summed E-state index contributed by atoms with van der Waals surface area (Å²) in [6.07, 6.45) is 1.12. The van der Waals surface area contributed by atoms with E-state index in [9.17, 15) is 4.79 Å². The molecule has 88 valence electrons. The van der Waals surface area contributed by atoms with E-state index in [0.29, 0.717) is 26.1 Å². The molecule has 1 amide bonds. The Kier molecular flexibility index (Phi) is 6.22. The summed E-state index contributed by atoms with van der Waals surface area (Å²) in [7, 11) is 1.61. The van der Waals surface area contributed by atoms with Gasteiger partial charge in [0.05, 0.1) is 6.61 Å². The Labute approximate surface area is 95.5 Å². The normalized spacial score (nSPS) is 10.1. The van der Waals surface area contributed by atoms with E-state index in [-0.39, 0.29) is 5.91 Å². The number of rotatable bonds is 7. The van der Waals surface area contributed by atoms with Gasteiger partial charge in [-0.2, -0.15) is 0 Å². The van der Waals surface area contributed by atoms with Gasteiger partial charge in [0.15, 0.2) is 0 Å². The first-order valence-electron chi connectivity index (χ1n) is 5.26. The molecule has 0 aliphatic carbocycles. The molecule has 0 radical (unpaired) electrons. The van der Waals surface area contributed by atoms with E-state index >= 15 is 0 Å². The minimum absolute atomic E-state index is 0.118. The van der Waals surface area contributed by atoms with Crippen LogP contribution in [0.1, 0.15) is 18.4 Å². The summed E-state index contributed by atoms with van der Waals surface area (Å²) < 4.78 is 4.85. The number of hydrogen-bond donors (Lipinski definition) is 1. The third kappa shape index (κ3) is 5.48. The van der Waals surface area contributed by atoms with Gasteiger partial charge in [0.25, 0.3) is 0 Å². The summed E-state index contributed by atoms with van der Waals surface area (Å²) in [5.41, 5.74) is 3.42. The Morgan fingerprint density at radius 1 is 1.31 bits per heavy atom. The number of ether oxygens (including phenoxy) is 1. The average molecular weight is 223 g/mol. The van der Waals surface area contributed by atoms with Gasteiger partial charge in [0.2, 0.25) is 5.91 Å². The van der Waals surface area contributed by atoms with Crippen LogP contribution >= 0.6 is 0 Å². The first-order chi connectivity index (χ1) is 7.83. The molecule has 1 N–H and O–H groups in total. The van der Waals surface area contributed by atoms with Crippen molar-refractivity contribution in [2.45, 2.75) is 19.4 Å². The number of amides is 1. The molecule has 0 saturated heterocycles. The van der Waals surface area contributed by atoms with Crippen molar-refractivity contribution in [1.82, 2.24) is 5.48 Å². The van der Waals surface area contributed by atoms with Crippen molar-refractivity contribution in [3.8, 4) is 0 Å². The fourth-order valence-corrected chi connectivity index (χ4v) is 1.20. The van der Waals surface area contributed by atoms with Crippen LogP contribution in [-0.2, 0) is 21.0 Å². The maximum atomic E-state index is 11.2. The highest BCUT2D eigenvalue weighted by Gasteiger charge is 2.00. The smallest absolute Gasteiger partial charge is 0.243 e. The lowest BCUT2D eigenvalue weighted by atomic mass is 10.2. The SMILES string of the molecule is COCCCC(=O)NOCc1ccccc1. The highest BCUT2D eigenvalue weighted by atomic mass is 16.6. The molecular formula is C12H17NO3. The number of methoxy groups -OCH3 is 1. The minimum Gasteiger partial charge on any atom is -0.385 e.